The van der Waals surface area contributed by atoms with Crippen LogP contribution in [0, 0.1) is 12.8 Å². The van der Waals surface area contributed by atoms with Gasteiger partial charge < -0.3 is 15.8 Å². The van der Waals surface area contributed by atoms with Crippen LogP contribution in [0.2, 0.25) is 0 Å². The third-order valence-corrected chi connectivity index (χ3v) is 4.79. The Bertz CT molecular complexity index is 529. The molecule has 2 aliphatic rings. The van der Waals surface area contributed by atoms with E-state index in [-0.39, 0.29) is 5.84 Å². The van der Waals surface area contributed by atoms with Crippen LogP contribution >= 0.6 is 0 Å². The predicted molar refractivity (Wildman–Crippen MR) is 79.2 cm³/mol. The topological polar surface area (TPSA) is 74.7 Å². The van der Waals surface area contributed by atoms with Gasteiger partial charge in [-0.2, -0.15) is 0 Å². The molecule has 2 atom stereocenters. The number of fused-ring (bicyclic) bond motifs is 1. The number of pyridine rings is 1. The second kappa shape index (κ2) is 5.31. The Labute approximate surface area is 119 Å². The van der Waals surface area contributed by atoms with Crippen molar-refractivity contribution < 1.29 is 5.21 Å². The van der Waals surface area contributed by atoms with E-state index in [1.807, 2.05) is 19.2 Å². The van der Waals surface area contributed by atoms with Gasteiger partial charge in [0, 0.05) is 18.8 Å². The molecule has 0 aromatic carbocycles. The molecule has 0 spiro atoms. The molecule has 1 aliphatic carbocycles. The highest BCUT2D eigenvalue weighted by Crippen LogP contribution is 2.39. The number of rotatable bonds is 2. The van der Waals surface area contributed by atoms with Gasteiger partial charge in [-0.3, -0.25) is 0 Å². The average molecular weight is 274 g/mol. The SMILES string of the molecule is Cc1ccnc(N2CCC3CCCCC32)c1/C(N)=N/O. The van der Waals surface area contributed by atoms with Crippen molar-refractivity contribution in [1.82, 2.24) is 4.98 Å². The maximum atomic E-state index is 9.03. The van der Waals surface area contributed by atoms with Crippen molar-refractivity contribution >= 4 is 11.7 Å². The minimum absolute atomic E-state index is 0.157. The summed E-state index contributed by atoms with van der Waals surface area (Å²) in [6.45, 7) is 3.00. The summed E-state index contributed by atoms with van der Waals surface area (Å²) in [6, 6.07) is 2.48. The molecular formula is C15H22N4O. The minimum atomic E-state index is 0.157. The quantitative estimate of drug-likeness (QED) is 0.375. The van der Waals surface area contributed by atoms with Crippen LogP contribution in [0.3, 0.4) is 0 Å². The number of oxime groups is 1. The lowest BCUT2D eigenvalue weighted by Gasteiger charge is -2.33. The molecule has 3 rings (SSSR count). The Balaban J connectivity index is 2.00. The Morgan fingerprint density at radius 3 is 3.00 bits per heavy atom. The first kappa shape index (κ1) is 13.2. The zero-order chi connectivity index (χ0) is 14.1. The Morgan fingerprint density at radius 2 is 2.20 bits per heavy atom. The van der Waals surface area contributed by atoms with Gasteiger partial charge in [-0.05, 0) is 43.7 Å². The van der Waals surface area contributed by atoms with E-state index in [9.17, 15) is 0 Å². The van der Waals surface area contributed by atoms with Crippen LogP contribution in [0.5, 0.6) is 0 Å². The molecule has 5 heteroatoms. The number of hydrogen-bond donors (Lipinski definition) is 2. The summed E-state index contributed by atoms with van der Waals surface area (Å²) >= 11 is 0. The number of nitrogens with zero attached hydrogens (tertiary/aromatic N) is 3. The Kier molecular flexibility index (Phi) is 3.51. The van der Waals surface area contributed by atoms with Crippen molar-refractivity contribution in [3.05, 3.63) is 23.4 Å². The molecule has 0 amide bonds. The fourth-order valence-corrected chi connectivity index (χ4v) is 3.80. The fourth-order valence-electron chi connectivity index (χ4n) is 3.80. The normalized spacial score (nSPS) is 26.6. The number of nitrogens with two attached hydrogens (primary N) is 1. The van der Waals surface area contributed by atoms with E-state index in [0.717, 1.165) is 29.4 Å². The van der Waals surface area contributed by atoms with Gasteiger partial charge in [0.05, 0.1) is 5.56 Å². The van der Waals surface area contributed by atoms with Crippen LogP contribution in [-0.4, -0.2) is 28.6 Å². The van der Waals surface area contributed by atoms with Crippen molar-refractivity contribution in [3.63, 3.8) is 0 Å². The van der Waals surface area contributed by atoms with Gasteiger partial charge in [0.2, 0.25) is 0 Å². The van der Waals surface area contributed by atoms with Gasteiger partial charge in [-0.1, -0.05) is 18.0 Å². The predicted octanol–water partition coefficient (Wildman–Crippen LogP) is 2.25. The number of aromatic nitrogens is 1. The van der Waals surface area contributed by atoms with E-state index in [2.05, 4.69) is 15.0 Å². The summed E-state index contributed by atoms with van der Waals surface area (Å²) in [7, 11) is 0. The number of anilines is 1. The molecule has 2 heterocycles. The molecule has 5 nitrogen and oxygen atoms in total. The highest BCUT2D eigenvalue weighted by atomic mass is 16.4. The van der Waals surface area contributed by atoms with Crippen LogP contribution in [0.15, 0.2) is 17.4 Å². The highest BCUT2D eigenvalue weighted by molar-refractivity contribution is 6.02. The largest absolute Gasteiger partial charge is 0.409 e. The first-order chi connectivity index (χ1) is 9.72. The zero-order valence-corrected chi connectivity index (χ0v) is 11.9. The molecule has 3 N–H and O–H groups in total. The molecule has 1 aliphatic heterocycles. The number of amidine groups is 1. The number of hydrogen-bond acceptors (Lipinski definition) is 4. The van der Waals surface area contributed by atoms with E-state index in [1.54, 1.807) is 0 Å². The Morgan fingerprint density at radius 1 is 1.40 bits per heavy atom. The van der Waals surface area contributed by atoms with Gasteiger partial charge in [0.1, 0.15) is 5.82 Å². The molecule has 2 fully saturated rings. The van der Waals surface area contributed by atoms with Crippen molar-refractivity contribution in [2.24, 2.45) is 16.8 Å². The fraction of sp³-hybridized carbons (Fsp3) is 0.600. The molecule has 2 unspecified atom stereocenters. The van der Waals surface area contributed by atoms with Gasteiger partial charge in [0.25, 0.3) is 0 Å². The Hall–Kier alpha value is -1.78. The second-order valence-electron chi connectivity index (χ2n) is 5.91. The smallest absolute Gasteiger partial charge is 0.174 e. The minimum Gasteiger partial charge on any atom is -0.409 e. The first-order valence-electron chi connectivity index (χ1n) is 7.42. The van der Waals surface area contributed by atoms with Crippen molar-refractivity contribution in [2.45, 2.75) is 45.1 Å². The van der Waals surface area contributed by atoms with E-state index in [1.165, 1.54) is 32.1 Å². The molecule has 0 bridgehead atoms. The maximum absolute atomic E-state index is 9.03. The van der Waals surface area contributed by atoms with Gasteiger partial charge in [0.15, 0.2) is 5.84 Å². The van der Waals surface area contributed by atoms with E-state index in [4.69, 9.17) is 10.9 Å². The lowest BCUT2D eigenvalue weighted by molar-refractivity contribution is 0.318. The average Bonchev–Trinajstić information content (AvgIpc) is 2.90. The third kappa shape index (κ3) is 2.11. The molecule has 0 radical (unpaired) electrons. The molecular weight excluding hydrogens is 252 g/mol. The molecule has 20 heavy (non-hydrogen) atoms. The molecule has 1 aromatic rings. The summed E-state index contributed by atoms with van der Waals surface area (Å²) in [5.41, 5.74) is 7.65. The number of aryl methyl sites for hydroxylation is 1. The van der Waals surface area contributed by atoms with E-state index < -0.39 is 0 Å². The summed E-state index contributed by atoms with van der Waals surface area (Å²) in [4.78, 5) is 6.91. The van der Waals surface area contributed by atoms with Gasteiger partial charge in [-0.25, -0.2) is 4.98 Å². The lowest BCUT2D eigenvalue weighted by atomic mass is 9.85. The monoisotopic (exact) mass is 274 g/mol. The first-order valence-corrected chi connectivity index (χ1v) is 7.42. The molecule has 1 aromatic heterocycles. The van der Waals surface area contributed by atoms with Crippen LogP contribution in [0.4, 0.5) is 5.82 Å². The van der Waals surface area contributed by atoms with Crippen LogP contribution < -0.4 is 10.6 Å². The van der Waals surface area contributed by atoms with Gasteiger partial charge >= 0.3 is 0 Å². The lowest BCUT2D eigenvalue weighted by Crippen LogP contribution is -2.37. The van der Waals surface area contributed by atoms with Gasteiger partial charge in [-0.15, -0.1) is 0 Å². The molecule has 108 valence electrons. The highest BCUT2D eigenvalue weighted by Gasteiger charge is 2.37. The summed E-state index contributed by atoms with van der Waals surface area (Å²) in [6.07, 6.45) is 8.25. The molecule has 1 saturated carbocycles. The maximum Gasteiger partial charge on any atom is 0.174 e. The van der Waals surface area contributed by atoms with E-state index in [0.29, 0.717) is 6.04 Å². The second-order valence-corrected chi connectivity index (χ2v) is 5.91. The standard InChI is InChI=1S/C15H22N4O/c1-10-6-8-17-15(13(10)14(16)18-20)19-9-7-11-4-2-3-5-12(11)19/h6,8,11-12,20H,2-5,7,9H2,1H3,(H2,16,18). The van der Waals surface area contributed by atoms with E-state index >= 15 is 0 Å². The molecule has 1 saturated heterocycles. The van der Waals surface area contributed by atoms with Crippen LogP contribution in [0.25, 0.3) is 0 Å². The van der Waals surface area contributed by atoms with Crippen molar-refractivity contribution in [2.75, 3.05) is 11.4 Å². The summed E-state index contributed by atoms with van der Waals surface area (Å²) < 4.78 is 0. The zero-order valence-electron chi connectivity index (χ0n) is 11.9. The van der Waals surface area contributed by atoms with Crippen LogP contribution in [-0.2, 0) is 0 Å². The van der Waals surface area contributed by atoms with Crippen molar-refractivity contribution in [3.8, 4) is 0 Å². The van der Waals surface area contributed by atoms with Crippen LogP contribution in [0.1, 0.15) is 43.2 Å². The summed E-state index contributed by atoms with van der Waals surface area (Å²) in [5.74, 6) is 1.82. The summed E-state index contributed by atoms with van der Waals surface area (Å²) in [5, 5.41) is 12.2. The third-order valence-electron chi connectivity index (χ3n) is 4.79. The van der Waals surface area contributed by atoms with Crippen molar-refractivity contribution in [1.29, 1.82) is 0 Å².